The van der Waals surface area contributed by atoms with Crippen molar-refractivity contribution in [3.05, 3.63) is 42.2 Å². The van der Waals surface area contributed by atoms with Crippen LogP contribution in [-0.4, -0.2) is 29.5 Å². The van der Waals surface area contributed by atoms with Crippen molar-refractivity contribution in [1.82, 2.24) is 10.5 Å². The van der Waals surface area contributed by atoms with E-state index in [1.54, 1.807) is 24.6 Å². The van der Waals surface area contributed by atoms with Crippen molar-refractivity contribution in [3.8, 4) is 0 Å². The highest BCUT2D eigenvalue weighted by Crippen LogP contribution is 2.02. The molecule has 2 aromatic rings. The normalized spacial score (nSPS) is 12.7. The smallest absolute Gasteiger partial charge is 0.150 e. The summed E-state index contributed by atoms with van der Waals surface area (Å²) in [6.45, 7) is 1.59. The van der Waals surface area contributed by atoms with Gasteiger partial charge in [0.05, 0.1) is 31.7 Å². The number of furan rings is 1. The van der Waals surface area contributed by atoms with E-state index in [2.05, 4.69) is 10.5 Å². The molecule has 0 radical (unpaired) electrons. The largest absolute Gasteiger partial charge is 0.467 e. The Hall–Kier alpha value is -1.63. The standard InChI is InChI=1S/C12H16N2O4/c15-10(6-13-7-11-3-4-14-18-11)8-16-9-12-2-1-5-17-12/h1-5,10,13,15H,6-9H2. The van der Waals surface area contributed by atoms with E-state index in [9.17, 15) is 5.11 Å². The monoisotopic (exact) mass is 252 g/mol. The van der Waals surface area contributed by atoms with Crippen LogP contribution in [-0.2, 0) is 17.9 Å². The zero-order chi connectivity index (χ0) is 12.6. The molecule has 0 spiro atoms. The average Bonchev–Trinajstić information content (AvgIpc) is 3.01. The molecule has 98 valence electrons. The molecule has 2 N–H and O–H groups in total. The summed E-state index contributed by atoms with van der Waals surface area (Å²) in [6, 6.07) is 5.40. The number of aliphatic hydroxyl groups excluding tert-OH is 1. The minimum Gasteiger partial charge on any atom is -0.467 e. The molecule has 0 aliphatic carbocycles. The Labute approximate surface area is 105 Å². The summed E-state index contributed by atoms with van der Waals surface area (Å²) in [4.78, 5) is 0. The van der Waals surface area contributed by atoms with Gasteiger partial charge in [-0.1, -0.05) is 5.16 Å². The van der Waals surface area contributed by atoms with Crippen LogP contribution in [0.2, 0.25) is 0 Å². The summed E-state index contributed by atoms with van der Waals surface area (Å²) in [7, 11) is 0. The third-order valence-corrected chi connectivity index (χ3v) is 2.31. The number of aromatic nitrogens is 1. The Morgan fingerprint density at radius 1 is 1.39 bits per heavy atom. The Morgan fingerprint density at radius 3 is 3.06 bits per heavy atom. The first-order valence-corrected chi connectivity index (χ1v) is 5.73. The second kappa shape index (κ2) is 6.95. The molecule has 0 aliphatic rings. The first-order valence-electron chi connectivity index (χ1n) is 5.73. The summed E-state index contributed by atoms with van der Waals surface area (Å²) < 4.78 is 15.3. The number of nitrogens with zero attached hydrogens (tertiary/aromatic N) is 1. The van der Waals surface area contributed by atoms with Crippen LogP contribution in [0.1, 0.15) is 11.5 Å². The van der Waals surface area contributed by atoms with Crippen LogP contribution < -0.4 is 5.32 Å². The van der Waals surface area contributed by atoms with Crippen molar-refractivity contribution in [2.24, 2.45) is 0 Å². The summed E-state index contributed by atoms with van der Waals surface area (Å²) >= 11 is 0. The highest BCUT2D eigenvalue weighted by molar-refractivity contribution is 4.96. The van der Waals surface area contributed by atoms with E-state index in [1.165, 1.54) is 0 Å². The molecular weight excluding hydrogens is 236 g/mol. The fourth-order valence-electron chi connectivity index (χ4n) is 1.44. The van der Waals surface area contributed by atoms with E-state index in [0.717, 1.165) is 11.5 Å². The van der Waals surface area contributed by atoms with E-state index in [-0.39, 0.29) is 6.61 Å². The van der Waals surface area contributed by atoms with Crippen LogP contribution in [0.25, 0.3) is 0 Å². The molecule has 2 rings (SSSR count). The van der Waals surface area contributed by atoms with E-state index >= 15 is 0 Å². The van der Waals surface area contributed by atoms with Gasteiger partial charge in [0.2, 0.25) is 0 Å². The topological polar surface area (TPSA) is 80.7 Å². The van der Waals surface area contributed by atoms with E-state index in [4.69, 9.17) is 13.7 Å². The van der Waals surface area contributed by atoms with Gasteiger partial charge < -0.3 is 24.1 Å². The van der Waals surface area contributed by atoms with E-state index in [0.29, 0.717) is 19.7 Å². The van der Waals surface area contributed by atoms with Gasteiger partial charge in [0.1, 0.15) is 18.1 Å². The maximum atomic E-state index is 9.64. The highest BCUT2D eigenvalue weighted by atomic mass is 16.5. The number of hydrogen-bond donors (Lipinski definition) is 2. The second-order valence-corrected chi connectivity index (χ2v) is 3.86. The number of hydrogen-bond acceptors (Lipinski definition) is 6. The lowest BCUT2D eigenvalue weighted by molar-refractivity contribution is 0.0223. The molecule has 0 amide bonds. The molecule has 0 bridgehead atoms. The van der Waals surface area contributed by atoms with Gasteiger partial charge in [-0.25, -0.2) is 0 Å². The van der Waals surface area contributed by atoms with Crippen LogP contribution in [0.5, 0.6) is 0 Å². The van der Waals surface area contributed by atoms with Crippen molar-refractivity contribution in [3.63, 3.8) is 0 Å². The van der Waals surface area contributed by atoms with Crippen LogP contribution in [0.4, 0.5) is 0 Å². The third kappa shape index (κ3) is 4.33. The third-order valence-electron chi connectivity index (χ3n) is 2.31. The summed E-state index contributed by atoms with van der Waals surface area (Å²) in [5.41, 5.74) is 0. The fraction of sp³-hybridized carbons (Fsp3) is 0.417. The Balaban J connectivity index is 1.53. The van der Waals surface area contributed by atoms with Crippen molar-refractivity contribution in [2.75, 3.05) is 13.2 Å². The molecular formula is C12H16N2O4. The van der Waals surface area contributed by atoms with Crippen LogP contribution >= 0.6 is 0 Å². The van der Waals surface area contributed by atoms with Gasteiger partial charge in [0.15, 0.2) is 0 Å². The number of nitrogens with one attached hydrogen (secondary N) is 1. The van der Waals surface area contributed by atoms with Crippen LogP contribution in [0.3, 0.4) is 0 Å². The minimum absolute atomic E-state index is 0.254. The first kappa shape index (κ1) is 12.8. The summed E-state index contributed by atoms with van der Waals surface area (Å²) in [6.07, 6.45) is 2.61. The molecule has 0 aliphatic heterocycles. The van der Waals surface area contributed by atoms with Gasteiger partial charge in [0.25, 0.3) is 0 Å². The van der Waals surface area contributed by atoms with Gasteiger partial charge in [-0.3, -0.25) is 0 Å². The first-order chi connectivity index (χ1) is 8.84. The lowest BCUT2D eigenvalue weighted by Gasteiger charge is -2.10. The SMILES string of the molecule is OC(CNCc1ccno1)COCc1ccco1. The zero-order valence-corrected chi connectivity index (χ0v) is 9.91. The van der Waals surface area contributed by atoms with Gasteiger partial charge in [-0.05, 0) is 12.1 Å². The number of aliphatic hydroxyl groups is 1. The number of rotatable bonds is 8. The fourth-order valence-corrected chi connectivity index (χ4v) is 1.44. The maximum Gasteiger partial charge on any atom is 0.150 e. The van der Waals surface area contributed by atoms with Crippen molar-refractivity contribution in [1.29, 1.82) is 0 Å². The second-order valence-electron chi connectivity index (χ2n) is 3.86. The Bertz CT molecular complexity index is 373. The van der Waals surface area contributed by atoms with Crippen molar-refractivity contribution >= 4 is 0 Å². The molecule has 1 unspecified atom stereocenters. The van der Waals surface area contributed by atoms with Crippen LogP contribution in [0, 0.1) is 0 Å². The van der Waals surface area contributed by atoms with Gasteiger partial charge >= 0.3 is 0 Å². The van der Waals surface area contributed by atoms with Gasteiger partial charge in [-0.2, -0.15) is 0 Å². The highest BCUT2D eigenvalue weighted by Gasteiger charge is 2.05. The molecule has 0 aromatic carbocycles. The quantitative estimate of drug-likeness (QED) is 0.727. The predicted octanol–water partition coefficient (Wildman–Crippen LogP) is 0.935. The van der Waals surface area contributed by atoms with Crippen LogP contribution in [0.15, 0.2) is 39.6 Å². The Morgan fingerprint density at radius 2 is 2.33 bits per heavy atom. The van der Waals surface area contributed by atoms with Crippen molar-refractivity contribution < 1.29 is 18.8 Å². The molecule has 2 heterocycles. The zero-order valence-electron chi connectivity index (χ0n) is 9.91. The lowest BCUT2D eigenvalue weighted by Crippen LogP contribution is -2.29. The predicted molar refractivity (Wildman–Crippen MR) is 62.6 cm³/mol. The molecule has 1 atom stereocenters. The van der Waals surface area contributed by atoms with Gasteiger partial charge in [0, 0.05) is 12.6 Å². The lowest BCUT2D eigenvalue weighted by atomic mass is 10.3. The molecule has 18 heavy (non-hydrogen) atoms. The maximum absolute atomic E-state index is 9.64. The van der Waals surface area contributed by atoms with E-state index in [1.807, 2.05) is 6.07 Å². The minimum atomic E-state index is -0.567. The summed E-state index contributed by atoms with van der Waals surface area (Å²) in [5, 5.41) is 16.3. The average molecular weight is 252 g/mol. The molecule has 0 fully saturated rings. The summed E-state index contributed by atoms with van der Waals surface area (Å²) in [5.74, 6) is 1.48. The van der Waals surface area contributed by atoms with Gasteiger partial charge in [-0.15, -0.1) is 0 Å². The molecule has 6 heteroatoms. The molecule has 2 aromatic heterocycles. The molecule has 0 saturated heterocycles. The van der Waals surface area contributed by atoms with Crippen molar-refractivity contribution in [2.45, 2.75) is 19.3 Å². The number of ether oxygens (including phenoxy) is 1. The Kier molecular flexibility index (Phi) is 4.95. The molecule has 0 saturated carbocycles. The van der Waals surface area contributed by atoms with E-state index < -0.39 is 6.10 Å². The molecule has 6 nitrogen and oxygen atoms in total.